The molecule has 118 valence electrons. The Bertz CT molecular complexity index is 519. The van der Waals surface area contributed by atoms with Gasteiger partial charge < -0.3 is 15.0 Å². The molecule has 1 saturated heterocycles. The minimum absolute atomic E-state index is 0.0305. The molecule has 1 heterocycles. The van der Waals surface area contributed by atoms with Crippen LogP contribution in [0.2, 0.25) is 0 Å². The van der Waals surface area contributed by atoms with Crippen molar-refractivity contribution in [3.05, 3.63) is 42.5 Å². The highest BCUT2D eigenvalue weighted by Crippen LogP contribution is 2.12. The average Bonchev–Trinajstić information content (AvgIpc) is 2.55. The molecular weight excluding hydrogens is 280 g/mol. The van der Waals surface area contributed by atoms with Gasteiger partial charge in [0.15, 0.2) is 0 Å². The van der Waals surface area contributed by atoms with E-state index in [2.05, 4.69) is 11.9 Å². The highest BCUT2D eigenvalue weighted by Gasteiger charge is 2.16. The molecule has 1 N–H and O–H groups in total. The van der Waals surface area contributed by atoms with Crippen molar-refractivity contribution in [2.24, 2.45) is 0 Å². The largest absolute Gasteiger partial charge is 0.378 e. The van der Waals surface area contributed by atoms with Gasteiger partial charge in [-0.25, -0.2) is 0 Å². The number of amides is 2. The number of ether oxygens (including phenoxy) is 1. The van der Waals surface area contributed by atoms with Crippen LogP contribution < -0.4 is 5.32 Å². The van der Waals surface area contributed by atoms with E-state index in [1.165, 1.54) is 0 Å². The van der Waals surface area contributed by atoms with Crippen LogP contribution in [-0.4, -0.2) is 43.0 Å². The lowest BCUT2D eigenvalue weighted by Crippen LogP contribution is -2.41. The average molecular weight is 302 g/mol. The molecule has 2 rings (SSSR count). The normalized spacial score (nSPS) is 14.5. The minimum Gasteiger partial charge on any atom is -0.378 e. The van der Waals surface area contributed by atoms with Crippen LogP contribution in [-0.2, 0) is 20.7 Å². The van der Waals surface area contributed by atoms with Gasteiger partial charge in [0, 0.05) is 25.2 Å². The van der Waals surface area contributed by atoms with Crippen molar-refractivity contribution in [2.75, 3.05) is 31.6 Å². The molecule has 0 atom stereocenters. The van der Waals surface area contributed by atoms with Gasteiger partial charge in [-0.15, -0.1) is 6.58 Å². The van der Waals surface area contributed by atoms with Crippen molar-refractivity contribution in [3.63, 3.8) is 0 Å². The lowest BCUT2D eigenvalue weighted by Gasteiger charge is -2.26. The second-order valence-corrected chi connectivity index (χ2v) is 5.24. The van der Waals surface area contributed by atoms with E-state index >= 15 is 0 Å². The van der Waals surface area contributed by atoms with Crippen molar-refractivity contribution in [2.45, 2.75) is 19.3 Å². The van der Waals surface area contributed by atoms with Crippen molar-refractivity contribution >= 4 is 17.5 Å². The number of carbonyl (C=O) groups is 2. The maximum absolute atomic E-state index is 12.1. The van der Waals surface area contributed by atoms with Gasteiger partial charge in [0.25, 0.3) is 0 Å². The van der Waals surface area contributed by atoms with Crippen LogP contribution >= 0.6 is 0 Å². The van der Waals surface area contributed by atoms with Crippen molar-refractivity contribution < 1.29 is 14.3 Å². The number of carbonyl (C=O) groups excluding carboxylic acids is 2. The summed E-state index contributed by atoms with van der Waals surface area (Å²) in [6.45, 7) is 6.14. The summed E-state index contributed by atoms with van der Waals surface area (Å²) in [7, 11) is 0. The van der Waals surface area contributed by atoms with Crippen LogP contribution in [0.4, 0.5) is 5.69 Å². The lowest BCUT2D eigenvalue weighted by atomic mass is 10.1. The molecule has 0 saturated carbocycles. The molecule has 0 unspecified atom stereocenters. The third kappa shape index (κ3) is 5.00. The molecule has 1 aliphatic heterocycles. The molecular formula is C17H22N2O3. The van der Waals surface area contributed by atoms with Crippen molar-refractivity contribution in [3.8, 4) is 0 Å². The quantitative estimate of drug-likeness (QED) is 0.818. The summed E-state index contributed by atoms with van der Waals surface area (Å²) < 4.78 is 5.24. The topological polar surface area (TPSA) is 58.6 Å². The number of anilines is 1. The van der Waals surface area contributed by atoms with Gasteiger partial charge in [-0.2, -0.15) is 0 Å². The molecule has 0 spiro atoms. The zero-order valence-corrected chi connectivity index (χ0v) is 12.7. The monoisotopic (exact) mass is 302 g/mol. The number of hydrogen-bond acceptors (Lipinski definition) is 3. The van der Waals surface area contributed by atoms with Gasteiger partial charge in [0.05, 0.1) is 19.6 Å². The van der Waals surface area contributed by atoms with Crippen LogP contribution in [0.5, 0.6) is 0 Å². The smallest absolute Gasteiger partial charge is 0.227 e. The van der Waals surface area contributed by atoms with E-state index in [1.54, 1.807) is 6.08 Å². The first kappa shape index (κ1) is 16.2. The van der Waals surface area contributed by atoms with Gasteiger partial charge in [0.1, 0.15) is 0 Å². The Kier molecular flexibility index (Phi) is 6.15. The Balaban J connectivity index is 1.84. The summed E-state index contributed by atoms with van der Waals surface area (Å²) in [4.78, 5) is 25.6. The van der Waals surface area contributed by atoms with Crippen molar-refractivity contribution in [1.29, 1.82) is 0 Å². The lowest BCUT2D eigenvalue weighted by molar-refractivity contribution is -0.134. The Labute approximate surface area is 130 Å². The van der Waals surface area contributed by atoms with E-state index in [1.807, 2.05) is 29.2 Å². The maximum atomic E-state index is 12.1. The molecule has 1 aromatic rings. The summed E-state index contributed by atoms with van der Waals surface area (Å²) in [6, 6.07) is 7.41. The van der Waals surface area contributed by atoms with E-state index < -0.39 is 0 Å². The SMILES string of the molecule is C=CCCC(=O)Nc1ccc(CC(=O)N2CCOCC2)cc1. The number of nitrogens with zero attached hydrogens (tertiary/aromatic N) is 1. The molecule has 0 bridgehead atoms. The Morgan fingerprint density at radius 3 is 2.55 bits per heavy atom. The van der Waals surface area contributed by atoms with Crippen LogP contribution in [0.1, 0.15) is 18.4 Å². The number of hydrogen-bond donors (Lipinski definition) is 1. The van der Waals surface area contributed by atoms with Gasteiger partial charge in [-0.1, -0.05) is 18.2 Å². The third-order valence-corrected chi connectivity index (χ3v) is 3.53. The standard InChI is InChI=1S/C17H22N2O3/c1-2-3-4-16(20)18-15-7-5-14(6-8-15)13-17(21)19-9-11-22-12-10-19/h2,5-8H,1,3-4,9-13H2,(H,18,20). The Morgan fingerprint density at radius 1 is 1.23 bits per heavy atom. The summed E-state index contributed by atoms with van der Waals surface area (Å²) in [6.07, 6.45) is 3.20. The van der Waals surface area contributed by atoms with E-state index in [4.69, 9.17) is 4.74 Å². The van der Waals surface area contributed by atoms with Crippen LogP contribution in [0.15, 0.2) is 36.9 Å². The fourth-order valence-electron chi connectivity index (χ4n) is 2.26. The summed E-state index contributed by atoms with van der Waals surface area (Å²) in [5.41, 5.74) is 1.69. The van der Waals surface area contributed by atoms with E-state index in [0.29, 0.717) is 45.6 Å². The van der Waals surface area contributed by atoms with E-state index in [0.717, 1.165) is 11.3 Å². The number of benzene rings is 1. The number of rotatable bonds is 6. The summed E-state index contributed by atoms with van der Waals surface area (Å²) in [5.74, 6) is 0.0862. The summed E-state index contributed by atoms with van der Waals surface area (Å²) in [5, 5.41) is 2.82. The van der Waals surface area contributed by atoms with Gasteiger partial charge in [-0.05, 0) is 24.1 Å². The number of morpholine rings is 1. The summed E-state index contributed by atoms with van der Waals surface area (Å²) >= 11 is 0. The zero-order valence-electron chi connectivity index (χ0n) is 12.7. The van der Waals surface area contributed by atoms with Crippen LogP contribution in [0.3, 0.4) is 0 Å². The molecule has 1 fully saturated rings. The minimum atomic E-state index is -0.0305. The van der Waals surface area contributed by atoms with Crippen LogP contribution in [0, 0.1) is 0 Å². The third-order valence-electron chi connectivity index (χ3n) is 3.53. The molecule has 2 amide bonds. The Hall–Kier alpha value is -2.14. The van der Waals surface area contributed by atoms with E-state index in [9.17, 15) is 9.59 Å². The predicted octanol–water partition coefficient (Wildman–Crippen LogP) is 1.99. The molecule has 0 radical (unpaired) electrons. The molecule has 0 aliphatic carbocycles. The fraction of sp³-hybridized carbons (Fsp3) is 0.412. The Morgan fingerprint density at radius 2 is 1.91 bits per heavy atom. The first-order valence-electron chi connectivity index (χ1n) is 7.54. The molecule has 0 aromatic heterocycles. The second kappa shape index (κ2) is 8.34. The van der Waals surface area contributed by atoms with Gasteiger partial charge in [-0.3, -0.25) is 9.59 Å². The first-order valence-corrected chi connectivity index (χ1v) is 7.54. The van der Waals surface area contributed by atoms with E-state index in [-0.39, 0.29) is 11.8 Å². The van der Waals surface area contributed by atoms with Gasteiger partial charge in [0.2, 0.25) is 11.8 Å². The predicted molar refractivity (Wildman–Crippen MR) is 85.6 cm³/mol. The highest BCUT2D eigenvalue weighted by atomic mass is 16.5. The molecule has 5 heteroatoms. The van der Waals surface area contributed by atoms with Gasteiger partial charge >= 0.3 is 0 Å². The molecule has 5 nitrogen and oxygen atoms in total. The van der Waals surface area contributed by atoms with Crippen LogP contribution in [0.25, 0.3) is 0 Å². The molecule has 1 aliphatic rings. The number of nitrogens with one attached hydrogen (secondary N) is 1. The zero-order chi connectivity index (χ0) is 15.8. The van der Waals surface area contributed by atoms with Crippen molar-refractivity contribution in [1.82, 2.24) is 4.90 Å². The number of allylic oxidation sites excluding steroid dienone is 1. The molecule has 1 aromatic carbocycles. The molecule has 22 heavy (non-hydrogen) atoms. The fourth-order valence-corrected chi connectivity index (χ4v) is 2.26. The maximum Gasteiger partial charge on any atom is 0.227 e. The first-order chi connectivity index (χ1) is 10.7. The highest BCUT2D eigenvalue weighted by molar-refractivity contribution is 5.90. The second-order valence-electron chi connectivity index (χ2n) is 5.24.